The summed E-state index contributed by atoms with van der Waals surface area (Å²) in [5.74, 6) is -0.818. The first-order valence-corrected chi connectivity index (χ1v) is 5.25. The van der Waals surface area contributed by atoms with Gasteiger partial charge in [0.05, 0.1) is 6.20 Å². The summed E-state index contributed by atoms with van der Waals surface area (Å²) in [5, 5.41) is 18.3. The molecule has 0 aliphatic heterocycles. The molecule has 1 heterocycles. The van der Waals surface area contributed by atoms with Crippen molar-refractivity contribution in [2.24, 2.45) is 0 Å². The molecule has 92 valence electrons. The van der Waals surface area contributed by atoms with Crippen molar-refractivity contribution in [3.63, 3.8) is 0 Å². The lowest BCUT2D eigenvalue weighted by Gasteiger charge is -2.07. The van der Waals surface area contributed by atoms with Crippen LogP contribution in [0.4, 0.5) is 0 Å². The van der Waals surface area contributed by atoms with E-state index in [1.807, 2.05) is 0 Å². The highest BCUT2D eigenvalue weighted by molar-refractivity contribution is 5.90. The lowest BCUT2D eigenvalue weighted by atomic mass is 10.1. The lowest BCUT2D eigenvalue weighted by Crippen LogP contribution is -2.00. The number of aromatic carboxylic acids is 1. The largest absolute Gasteiger partial charge is 0.507 e. The summed E-state index contributed by atoms with van der Waals surface area (Å²) in [4.78, 5) is 14.6. The minimum absolute atomic E-state index is 0.125. The molecule has 0 unspecified atom stereocenters. The van der Waals surface area contributed by atoms with Gasteiger partial charge < -0.3 is 14.9 Å². The van der Waals surface area contributed by atoms with Crippen molar-refractivity contribution in [1.82, 2.24) is 4.98 Å². The van der Waals surface area contributed by atoms with Crippen molar-refractivity contribution in [3.8, 4) is 11.5 Å². The third kappa shape index (κ3) is 2.76. The van der Waals surface area contributed by atoms with Gasteiger partial charge in [0.2, 0.25) is 0 Å². The number of nitrogens with zero attached hydrogens (tertiary/aromatic N) is 1. The Balaban J connectivity index is 2.07. The minimum atomic E-state index is -1.16. The average molecular weight is 245 g/mol. The van der Waals surface area contributed by atoms with Gasteiger partial charge in [-0.1, -0.05) is 6.07 Å². The Hall–Kier alpha value is -2.56. The Morgan fingerprint density at radius 1 is 1.33 bits per heavy atom. The number of rotatable bonds is 4. The van der Waals surface area contributed by atoms with Gasteiger partial charge in [0.1, 0.15) is 23.7 Å². The summed E-state index contributed by atoms with van der Waals surface area (Å²) < 4.78 is 5.43. The van der Waals surface area contributed by atoms with E-state index in [1.165, 1.54) is 12.1 Å². The van der Waals surface area contributed by atoms with E-state index in [0.29, 0.717) is 11.3 Å². The third-order valence-electron chi connectivity index (χ3n) is 2.33. The molecule has 0 saturated heterocycles. The van der Waals surface area contributed by atoms with Crippen LogP contribution in [0.3, 0.4) is 0 Å². The second kappa shape index (κ2) is 5.18. The van der Waals surface area contributed by atoms with Crippen LogP contribution >= 0.6 is 0 Å². The van der Waals surface area contributed by atoms with E-state index in [4.69, 9.17) is 9.84 Å². The van der Waals surface area contributed by atoms with E-state index in [0.717, 1.165) is 0 Å². The molecule has 2 aromatic rings. The summed E-state index contributed by atoms with van der Waals surface area (Å²) >= 11 is 0. The summed E-state index contributed by atoms with van der Waals surface area (Å²) in [7, 11) is 0. The highest BCUT2D eigenvalue weighted by atomic mass is 16.5. The van der Waals surface area contributed by atoms with Gasteiger partial charge in [-0.2, -0.15) is 0 Å². The van der Waals surface area contributed by atoms with Crippen LogP contribution in [0.2, 0.25) is 0 Å². The first-order valence-electron chi connectivity index (χ1n) is 5.25. The molecular weight excluding hydrogens is 234 g/mol. The first-order chi connectivity index (χ1) is 8.66. The number of carbonyl (C=O) groups is 1. The van der Waals surface area contributed by atoms with Crippen LogP contribution in [-0.2, 0) is 6.61 Å². The maximum absolute atomic E-state index is 10.7. The predicted molar refractivity (Wildman–Crippen MR) is 63.6 cm³/mol. The zero-order valence-corrected chi connectivity index (χ0v) is 9.41. The van der Waals surface area contributed by atoms with E-state index in [2.05, 4.69) is 4.98 Å². The van der Waals surface area contributed by atoms with E-state index in [9.17, 15) is 9.90 Å². The molecule has 0 spiro atoms. The molecule has 0 saturated carbocycles. The van der Waals surface area contributed by atoms with E-state index < -0.39 is 5.97 Å². The second-order valence-corrected chi connectivity index (χ2v) is 3.63. The van der Waals surface area contributed by atoms with Gasteiger partial charge in [-0.25, -0.2) is 4.79 Å². The first kappa shape index (κ1) is 11.9. The van der Waals surface area contributed by atoms with Gasteiger partial charge in [0.25, 0.3) is 0 Å². The molecule has 1 aromatic carbocycles. The lowest BCUT2D eigenvalue weighted by molar-refractivity contribution is 0.0693. The molecule has 0 fully saturated rings. The number of ether oxygens (including phenoxy) is 1. The van der Waals surface area contributed by atoms with Crippen LogP contribution in [0.25, 0.3) is 0 Å². The fourth-order valence-electron chi connectivity index (χ4n) is 1.45. The normalized spacial score (nSPS) is 10.0. The number of pyridine rings is 1. The highest BCUT2D eigenvalue weighted by Crippen LogP contribution is 2.20. The smallest absolute Gasteiger partial charge is 0.339 e. The Bertz CT molecular complexity index is 554. The van der Waals surface area contributed by atoms with Gasteiger partial charge in [-0.3, -0.25) is 4.98 Å². The molecule has 0 amide bonds. The van der Waals surface area contributed by atoms with Crippen LogP contribution < -0.4 is 4.74 Å². The monoisotopic (exact) mass is 245 g/mol. The molecule has 2 rings (SSSR count). The number of carboxylic acids is 1. The van der Waals surface area contributed by atoms with Crippen molar-refractivity contribution in [2.45, 2.75) is 6.61 Å². The maximum Gasteiger partial charge on any atom is 0.339 e. The number of hydrogen-bond donors (Lipinski definition) is 2. The average Bonchev–Trinajstić information content (AvgIpc) is 2.37. The third-order valence-corrected chi connectivity index (χ3v) is 2.33. The minimum Gasteiger partial charge on any atom is -0.507 e. The van der Waals surface area contributed by atoms with Crippen molar-refractivity contribution in [1.29, 1.82) is 0 Å². The van der Waals surface area contributed by atoms with Crippen LogP contribution in [0.15, 0.2) is 42.7 Å². The SMILES string of the molecule is O=C(O)c1ccc(COc2cccnc2)cc1O. The molecular formula is C13H11NO4. The van der Waals surface area contributed by atoms with E-state index in [1.54, 1.807) is 30.6 Å². The van der Waals surface area contributed by atoms with Gasteiger partial charge in [0.15, 0.2) is 0 Å². The predicted octanol–water partition coefficient (Wildman–Crippen LogP) is 2.06. The summed E-state index contributed by atoms with van der Waals surface area (Å²) in [5.41, 5.74) is 0.557. The molecule has 1 aromatic heterocycles. The van der Waals surface area contributed by atoms with Gasteiger partial charge in [-0.05, 0) is 29.8 Å². The Kier molecular flexibility index (Phi) is 3.43. The standard InChI is InChI=1S/C13H11NO4/c15-12-6-9(3-4-11(12)13(16)17)8-18-10-2-1-5-14-7-10/h1-7,15H,8H2,(H,16,17). The number of aromatic nitrogens is 1. The Morgan fingerprint density at radius 3 is 2.78 bits per heavy atom. The summed E-state index contributed by atoms with van der Waals surface area (Å²) in [6, 6.07) is 7.83. The topological polar surface area (TPSA) is 79.7 Å². The van der Waals surface area contributed by atoms with Crippen LogP contribution in [0, 0.1) is 0 Å². The molecule has 0 atom stereocenters. The van der Waals surface area contributed by atoms with E-state index >= 15 is 0 Å². The molecule has 0 radical (unpaired) electrons. The zero-order chi connectivity index (χ0) is 13.0. The van der Waals surface area contributed by atoms with Crippen molar-refractivity contribution in [2.75, 3.05) is 0 Å². The molecule has 0 aliphatic rings. The number of aromatic hydroxyl groups is 1. The number of carboxylic acid groups (broad SMARTS) is 1. The Morgan fingerprint density at radius 2 is 2.17 bits per heavy atom. The van der Waals surface area contributed by atoms with Crippen LogP contribution in [-0.4, -0.2) is 21.2 Å². The van der Waals surface area contributed by atoms with Gasteiger partial charge in [0, 0.05) is 6.20 Å². The van der Waals surface area contributed by atoms with Crippen molar-refractivity contribution in [3.05, 3.63) is 53.9 Å². The molecule has 0 bridgehead atoms. The Labute approximate surface area is 103 Å². The van der Waals surface area contributed by atoms with Crippen molar-refractivity contribution < 1.29 is 19.7 Å². The molecule has 0 aliphatic carbocycles. The maximum atomic E-state index is 10.7. The zero-order valence-electron chi connectivity index (χ0n) is 9.41. The van der Waals surface area contributed by atoms with E-state index in [-0.39, 0.29) is 17.9 Å². The quantitative estimate of drug-likeness (QED) is 0.861. The van der Waals surface area contributed by atoms with Gasteiger partial charge >= 0.3 is 5.97 Å². The fourth-order valence-corrected chi connectivity index (χ4v) is 1.45. The van der Waals surface area contributed by atoms with Gasteiger partial charge in [-0.15, -0.1) is 0 Å². The molecule has 18 heavy (non-hydrogen) atoms. The number of phenols is 1. The summed E-state index contributed by atoms with van der Waals surface area (Å²) in [6.07, 6.45) is 3.21. The summed E-state index contributed by atoms with van der Waals surface area (Å²) in [6.45, 7) is 0.235. The molecule has 5 heteroatoms. The number of hydrogen-bond acceptors (Lipinski definition) is 4. The van der Waals surface area contributed by atoms with Crippen LogP contribution in [0.1, 0.15) is 15.9 Å². The second-order valence-electron chi connectivity index (χ2n) is 3.63. The highest BCUT2D eigenvalue weighted by Gasteiger charge is 2.09. The molecule has 2 N–H and O–H groups in total. The van der Waals surface area contributed by atoms with Crippen molar-refractivity contribution >= 4 is 5.97 Å². The number of benzene rings is 1. The van der Waals surface area contributed by atoms with Crippen LogP contribution in [0.5, 0.6) is 11.5 Å². The fraction of sp³-hybridized carbons (Fsp3) is 0.0769. The molecule has 5 nitrogen and oxygen atoms in total.